The first kappa shape index (κ1) is 25.7. The molecule has 0 aliphatic heterocycles. The number of halogens is 7. The molecule has 0 spiro atoms. The van der Waals surface area contributed by atoms with Crippen LogP contribution >= 0.6 is 46.4 Å². The van der Waals surface area contributed by atoms with Gasteiger partial charge >= 0.3 is 6.18 Å². The van der Waals surface area contributed by atoms with Gasteiger partial charge in [0, 0.05) is 12.1 Å². The molecule has 2 N–H and O–H groups in total. The van der Waals surface area contributed by atoms with Gasteiger partial charge in [-0.05, 0) is 18.2 Å². The summed E-state index contributed by atoms with van der Waals surface area (Å²) in [6.07, 6.45) is -6.43. The Kier molecular flexibility index (Phi) is 7.66. The van der Waals surface area contributed by atoms with Crippen LogP contribution < -0.4 is 10.6 Å². The van der Waals surface area contributed by atoms with E-state index in [-0.39, 0.29) is 10.7 Å². The molecule has 2 aromatic rings. The number of rotatable bonds is 6. The van der Waals surface area contributed by atoms with E-state index in [0.717, 1.165) is 18.2 Å². The molecule has 2 rings (SSSR count). The fourth-order valence-corrected chi connectivity index (χ4v) is 2.82. The molecule has 1 unspecified atom stereocenters. The van der Waals surface area contributed by atoms with Gasteiger partial charge < -0.3 is 10.6 Å². The van der Waals surface area contributed by atoms with Gasteiger partial charge in [-0.15, -0.1) is 0 Å². The number of non-ortho nitro benzene ring substituents is 2. The molecule has 32 heavy (non-hydrogen) atoms. The van der Waals surface area contributed by atoms with Gasteiger partial charge in [0.1, 0.15) is 6.17 Å². The van der Waals surface area contributed by atoms with Crippen LogP contribution in [0, 0.1) is 20.2 Å². The van der Waals surface area contributed by atoms with E-state index in [1.54, 1.807) is 0 Å². The fraction of sp³-hybridized carbons (Fsp3) is 0.188. The Morgan fingerprint density at radius 3 is 1.94 bits per heavy atom. The number of amides is 1. The van der Waals surface area contributed by atoms with Crippen molar-refractivity contribution in [2.75, 3.05) is 5.32 Å². The van der Waals surface area contributed by atoms with E-state index in [0.29, 0.717) is 18.2 Å². The third kappa shape index (κ3) is 6.48. The van der Waals surface area contributed by atoms with Crippen molar-refractivity contribution >= 4 is 69.4 Å². The van der Waals surface area contributed by atoms with Crippen LogP contribution in [0.15, 0.2) is 36.4 Å². The molecule has 0 bridgehead atoms. The predicted molar refractivity (Wildman–Crippen MR) is 111 cm³/mol. The lowest BCUT2D eigenvalue weighted by atomic mass is 10.1. The first-order valence-corrected chi connectivity index (χ1v) is 9.55. The minimum Gasteiger partial charge on any atom is -0.361 e. The van der Waals surface area contributed by atoms with E-state index in [2.05, 4.69) is 10.6 Å². The Morgan fingerprint density at radius 1 is 0.969 bits per heavy atom. The monoisotopic (exact) mass is 534 g/mol. The van der Waals surface area contributed by atoms with E-state index in [9.17, 15) is 38.2 Å². The number of nitrogens with zero attached hydrogens (tertiary/aromatic N) is 2. The zero-order valence-electron chi connectivity index (χ0n) is 15.1. The molecule has 0 fully saturated rings. The first-order chi connectivity index (χ1) is 14.6. The SMILES string of the molecule is O=C(NC(Nc1cc(C(F)(F)F)ccc1Cl)C(Cl)(Cl)Cl)c1cc([N+](=O)[O-])cc([N+](=O)[O-])c1. The Bertz CT molecular complexity index is 1050. The highest BCUT2D eigenvalue weighted by Crippen LogP contribution is 2.37. The molecule has 1 amide bonds. The Balaban J connectivity index is 2.40. The molecule has 0 aliphatic rings. The maximum atomic E-state index is 13.0. The molecular weight excluding hydrogens is 527 g/mol. The van der Waals surface area contributed by atoms with Crippen molar-refractivity contribution in [2.24, 2.45) is 0 Å². The van der Waals surface area contributed by atoms with Crippen LogP contribution in [0.5, 0.6) is 0 Å². The molecule has 0 saturated carbocycles. The number of hydrogen-bond donors (Lipinski definition) is 2. The number of alkyl halides is 6. The summed E-state index contributed by atoms with van der Waals surface area (Å²) in [4.78, 5) is 32.6. The summed E-state index contributed by atoms with van der Waals surface area (Å²) in [6, 6.07) is 4.33. The second kappa shape index (κ2) is 9.53. The Labute approximate surface area is 196 Å². The average Bonchev–Trinajstić information content (AvgIpc) is 2.66. The fourth-order valence-electron chi connectivity index (χ4n) is 2.32. The summed E-state index contributed by atoms with van der Waals surface area (Å²) in [5.74, 6) is -1.16. The third-order valence-corrected chi connectivity index (χ3v) is 4.77. The number of anilines is 1. The molecule has 2 aromatic carbocycles. The summed E-state index contributed by atoms with van der Waals surface area (Å²) in [5, 5.41) is 26.2. The second-order valence-corrected chi connectivity index (χ2v) is 8.81. The molecule has 16 heteroatoms. The van der Waals surface area contributed by atoms with Crippen molar-refractivity contribution in [1.82, 2.24) is 5.32 Å². The Hall–Kier alpha value is -2.54. The van der Waals surface area contributed by atoms with Gasteiger partial charge in [-0.25, -0.2) is 0 Å². The predicted octanol–water partition coefficient (Wildman–Crippen LogP) is 5.71. The highest BCUT2D eigenvalue weighted by molar-refractivity contribution is 6.68. The highest BCUT2D eigenvalue weighted by atomic mass is 35.6. The molecule has 9 nitrogen and oxygen atoms in total. The quantitative estimate of drug-likeness (QED) is 0.211. The topological polar surface area (TPSA) is 127 Å². The highest BCUT2D eigenvalue weighted by Gasteiger charge is 2.36. The van der Waals surface area contributed by atoms with Crippen molar-refractivity contribution in [3.63, 3.8) is 0 Å². The minimum absolute atomic E-state index is 0.211. The van der Waals surface area contributed by atoms with Gasteiger partial charge in [0.25, 0.3) is 17.3 Å². The van der Waals surface area contributed by atoms with E-state index >= 15 is 0 Å². The summed E-state index contributed by atoms with van der Waals surface area (Å²) in [7, 11) is 0. The van der Waals surface area contributed by atoms with Crippen LogP contribution in [0.2, 0.25) is 5.02 Å². The largest absolute Gasteiger partial charge is 0.416 e. The van der Waals surface area contributed by atoms with Gasteiger partial charge in [-0.3, -0.25) is 25.0 Å². The summed E-state index contributed by atoms with van der Waals surface area (Å²) >= 11 is 23.3. The lowest BCUT2D eigenvalue weighted by Crippen LogP contribution is -2.49. The first-order valence-electron chi connectivity index (χ1n) is 8.04. The van der Waals surface area contributed by atoms with E-state index in [4.69, 9.17) is 46.4 Å². The van der Waals surface area contributed by atoms with Gasteiger partial charge in [0.05, 0.1) is 37.7 Å². The van der Waals surface area contributed by atoms with E-state index in [1.165, 1.54) is 0 Å². The second-order valence-electron chi connectivity index (χ2n) is 6.04. The molecule has 0 aliphatic carbocycles. The normalized spacial score (nSPS) is 12.7. The molecule has 1 atom stereocenters. The molecular formula is C16H9Cl4F3N4O5. The maximum Gasteiger partial charge on any atom is 0.416 e. The zero-order chi connectivity index (χ0) is 24.4. The average molecular weight is 536 g/mol. The summed E-state index contributed by atoms with van der Waals surface area (Å²) in [5.41, 5.74) is -3.51. The van der Waals surface area contributed by atoms with Crippen LogP contribution in [0.3, 0.4) is 0 Å². The van der Waals surface area contributed by atoms with Crippen molar-refractivity contribution in [3.8, 4) is 0 Å². The summed E-state index contributed by atoms with van der Waals surface area (Å²) < 4.78 is 36.6. The number of nitro groups is 2. The van der Waals surface area contributed by atoms with Crippen LogP contribution in [0.1, 0.15) is 15.9 Å². The van der Waals surface area contributed by atoms with Crippen LogP contribution in [0.4, 0.5) is 30.2 Å². The third-order valence-electron chi connectivity index (χ3n) is 3.78. The smallest absolute Gasteiger partial charge is 0.361 e. The lowest BCUT2D eigenvalue weighted by Gasteiger charge is -2.28. The molecule has 0 heterocycles. The molecule has 0 aromatic heterocycles. The van der Waals surface area contributed by atoms with Crippen LogP contribution in [0.25, 0.3) is 0 Å². The van der Waals surface area contributed by atoms with Crippen molar-refractivity contribution in [1.29, 1.82) is 0 Å². The maximum absolute atomic E-state index is 13.0. The lowest BCUT2D eigenvalue weighted by molar-refractivity contribution is -0.394. The van der Waals surface area contributed by atoms with Crippen LogP contribution in [-0.4, -0.2) is 25.7 Å². The van der Waals surface area contributed by atoms with Crippen molar-refractivity contribution in [3.05, 3.63) is 72.8 Å². The minimum atomic E-state index is -4.72. The number of nitro benzene ring substituents is 2. The van der Waals surface area contributed by atoms with Crippen LogP contribution in [-0.2, 0) is 6.18 Å². The zero-order valence-corrected chi connectivity index (χ0v) is 18.1. The molecule has 0 radical (unpaired) electrons. The Morgan fingerprint density at radius 2 is 1.50 bits per heavy atom. The van der Waals surface area contributed by atoms with E-state index in [1.807, 2.05) is 0 Å². The van der Waals surface area contributed by atoms with Crippen molar-refractivity contribution in [2.45, 2.75) is 16.1 Å². The number of nitrogens with one attached hydrogen (secondary N) is 2. The molecule has 172 valence electrons. The van der Waals surface area contributed by atoms with Gasteiger partial charge in [-0.1, -0.05) is 46.4 Å². The van der Waals surface area contributed by atoms with Gasteiger partial charge in [0.15, 0.2) is 0 Å². The number of carbonyl (C=O) groups is 1. The van der Waals surface area contributed by atoms with Gasteiger partial charge in [-0.2, -0.15) is 13.2 Å². The van der Waals surface area contributed by atoms with E-state index < -0.39 is 54.4 Å². The van der Waals surface area contributed by atoms with Gasteiger partial charge in [0.2, 0.25) is 3.79 Å². The summed E-state index contributed by atoms with van der Waals surface area (Å²) in [6.45, 7) is 0. The molecule has 0 saturated heterocycles. The number of hydrogen-bond acceptors (Lipinski definition) is 6. The number of benzene rings is 2. The van der Waals surface area contributed by atoms with Crippen molar-refractivity contribution < 1.29 is 27.8 Å². The standard InChI is InChI=1S/C16H9Cl4F3N4O5/c17-11-2-1-8(16(21,22)23)5-12(11)24-14(15(18,19)20)25-13(28)7-3-9(26(29)30)6-10(4-7)27(31)32/h1-6,14,24H,(H,25,28). The number of carbonyl (C=O) groups excluding carboxylic acids is 1.